The van der Waals surface area contributed by atoms with Crippen molar-refractivity contribution in [3.8, 4) is 5.88 Å². The molecule has 3 rings (SSSR count). The highest BCUT2D eigenvalue weighted by Gasteiger charge is 2.13. The van der Waals surface area contributed by atoms with Crippen molar-refractivity contribution < 1.29 is 13.5 Å². The number of fused-ring (bicyclic) bond motifs is 1. The van der Waals surface area contributed by atoms with Gasteiger partial charge in [0.05, 0.1) is 16.1 Å². The summed E-state index contributed by atoms with van der Waals surface area (Å²) in [6, 6.07) is 9.90. The number of hydrogen-bond donors (Lipinski definition) is 1. The average Bonchev–Trinajstić information content (AvgIpc) is 2.77. The predicted molar refractivity (Wildman–Crippen MR) is 89.2 cm³/mol. The van der Waals surface area contributed by atoms with Crippen LogP contribution in [0.5, 0.6) is 5.88 Å². The van der Waals surface area contributed by atoms with Gasteiger partial charge in [-0.3, -0.25) is 9.56 Å². The summed E-state index contributed by atoms with van der Waals surface area (Å²) in [5.41, 5.74) is 1.83. The standard InChI is InChI=1S/C16H15N3O3S/c1-19-15-13(4-3-9-17-15)14(16(19)20)10-18-11-5-7-12(8-6-11)23(2,21)22/h3-10,20H,1-2H3. The molecule has 1 N–H and O–H groups in total. The topological polar surface area (TPSA) is 84.5 Å². The fourth-order valence-electron chi connectivity index (χ4n) is 2.32. The van der Waals surface area contributed by atoms with E-state index in [1.807, 2.05) is 6.07 Å². The summed E-state index contributed by atoms with van der Waals surface area (Å²) in [6.45, 7) is 0. The third kappa shape index (κ3) is 2.83. The molecule has 0 aliphatic heterocycles. The maximum atomic E-state index is 11.4. The highest BCUT2D eigenvalue weighted by molar-refractivity contribution is 7.90. The Bertz CT molecular complexity index is 1000. The Morgan fingerprint density at radius 1 is 1.22 bits per heavy atom. The number of aryl methyl sites for hydroxylation is 1. The van der Waals surface area contributed by atoms with Crippen molar-refractivity contribution in [3.63, 3.8) is 0 Å². The molecule has 0 unspecified atom stereocenters. The zero-order chi connectivity index (χ0) is 16.6. The number of pyridine rings is 1. The molecule has 0 saturated heterocycles. The summed E-state index contributed by atoms with van der Waals surface area (Å²) in [5, 5.41) is 11.0. The SMILES string of the molecule is Cn1c(O)c(C=Nc2ccc(S(C)(=O)=O)cc2)c2cccnc21. The first-order valence-electron chi connectivity index (χ1n) is 6.84. The molecule has 0 aliphatic carbocycles. The molecule has 6 nitrogen and oxygen atoms in total. The Morgan fingerprint density at radius 2 is 1.91 bits per heavy atom. The van der Waals surface area contributed by atoms with Gasteiger partial charge in [-0.15, -0.1) is 0 Å². The van der Waals surface area contributed by atoms with Gasteiger partial charge in [0, 0.05) is 31.1 Å². The first-order valence-corrected chi connectivity index (χ1v) is 8.73. The number of hydrogen-bond acceptors (Lipinski definition) is 5. The number of sulfone groups is 1. The second-order valence-electron chi connectivity index (χ2n) is 5.20. The van der Waals surface area contributed by atoms with Crippen LogP contribution in [0.2, 0.25) is 0 Å². The molecule has 1 aromatic carbocycles. The molecule has 0 aliphatic rings. The lowest BCUT2D eigenvalue weighted by atomic mass is 10.2. The number of rotatable bonds is 3. The molecule has 0 fully saturated rings. The summed E-state index contributed by atoms with van der Waals surface area (Å²) in [7, 11) is -1.50. The van der Waals surface area contributed by atoms with E-state index in [-0.39, 0.29) is 10.8 Å². The van der Waals surface area contributed by atoms with Crippen molar-refractivity contribution in [2.75, 3.05) is 6.26 Å². The minimum atomic E-state index is -3.22. The molecule has 0 radical (unpaired) electrons. The second-order valence-corrected chi connectivity index (χ2v) is 7.21. The molecule has 3 aromatic rings. The van der Waals surface area contributed by atoms with Crippen LogP contribution in [-0.4, -0.2) is 35.5 Å². The van der Waals surface area contributed by atoms with Gasteiger partial charge in [-0.2, -0.15) is 0 Å². The highest BCUT2D eigenvalue weighted by atomic mass is 32.2. The van der Waals surface area contributed by atoms with Crippen LogP contribution in [-0.2, 0) is 16.9 Å². The first-order chi connectivity index (χ1) is 10.9. The van der Waals surface area contributed by atoms with Gasteiger partial charge in [0.1, 0.15) is 5.65 Å². The van der Waals surface area contributed by atoms with E-state index in [2.05, 4.69) is 9.98 Å². The van der Waals surface area contributed by atoms with Crippen molar-refractivity contribution in [1.82, 2.24) is 9.55 Å². The molecular weight excluding hydrogens is 314 g/mol. The Balaban J connectivity index is 1.99. The van der Waals surface area contributed by atoms with Gasteiger partial charge in [-0.05, 0) is 36.4 Å². The molecule has 118 valence electrons. The van der Waals surface area contributed by atoms with E-state index in [1.54, 1.807) is 42.2 Å². The van der Waals surface area contributed by atoms with E-state index in [0.717, 1.165) is 11.6 Å². The monoisotopic (exact) mass is 329 g/mol. The lowest BCUT2D eigenvalue weighted by Gasteiger charge is -1.98. The highest BCUT2D eigenvalue weighted by Crippen LogP contribution is 2.27. The third-order valence-electron chi connectivity index (χ3n) is 3.56. The molecule has 2 aromatic heterocycles. The molecule has 0 saturated carbocycles. The summed E-state index contributed by atoms with van der Waals surface area (Å²) < 4.78 is 24.5. The van der Waals surface area contributed by atoms with E-state index in [1.165, 1.54) is 12.1 Å². The molecule has 2 heterocycles. The molecule has 0 amide bonds. The van der Waals surface area contributed by atoms with Gasteiger partial charge < -0.3 is 5.11 Å². The van der Waals surface area contributed by atoms with Crippen LogP contribution in [0.15, 0.2) is 52.5 Å². The minimum absolute atomic E-state index is 0.0789. The largest absolute Gasteiger partial charge is 0.494 e. The Hall–Kier alpha value is -2.67. The van der Waals surface area contributed by atoms with E-state index in [4.69, 9.17) is 0 Å². The van der Waals surface area contributed by atoms with Gasteiger partial charge in [0.2, 0.25) is 5.88 Å². The van der Waals surface area contributed by atoms with Gasteiger partial charge in [-0.1, -0.05) is 0 Å². The first kappa shape index (κ1) is 15.2. The van der Waals surface area contributed by atoms with Crippen LogP contribution >= 0.6 is 0 Å². The Labute approximate surface area is 133 Å². The zero-order valence-electron chi connectivity index (χ0n) is 12.6. The number of aromatic nitrogens is 2. The molecule has 0 atom stereocenters. The summed E-state index contributed by atoms with van der Waals surface area (Å²) in [5.74, 6) is 0.0789. The molecule has 23 heavy (non-hydrogen) atoms. The minimum Gasteiger partial charge on any atom is -0.494 e. The van der Waals surface area contributed by atoms with Crippen LogP contribution in [0.3, 0.4) is 0 Å². The van der Waals surface area contributed by atoms with E-state index < -0.39 is 9.84 Å². The lowest BCUT2D eigenvalue weighted by Crippen LogP contribution is -1.95. The predicted octanol–water partition coefficient (Wildman–Crippen LogP) is 2.43. The zero-order valence-corrected chi connectivity index (χ0v) is 13.4. The molecule has 0 bridgehead atoms. The van der Waals surface area contributed by atoms with Crippen molar-refractivity contribution >= 4 is 32.8 Å². The van der Waals surface area contributed by atoms with E-state index >= 15 is 0 Å². The number of nitrogens with zero attached hydrogens (tertiary/aromatic N) is 3. The van der Waals surface area contributed by atoms with Crippen LogP contribution in [0.1, 0.15) is 5.56 Å². The van der Waals surface area contributed by atoms with Crippen LogP contribution in [0.4, 0.5) is 5.69 Å². The van der Waals surface area contributed by atoms with Gasteiger partial charge in [0.25, 0.3) is 0 Å². The Morgan fingerprint density at radius 3 is 2.57 bits per heavy atom. The normalized spacial score (nSPS) is 12.3. The maximum Gasteiger partial charge on any atom is 0.202 e. The quantitative estimate of drug-likeness (QED) is 0.748. The number of aliphatic imine (C=N–C) groups is 1. The average molecular weight is 329 g/mol. The van der Waals surface area contributed by atoms with Gasteiger partial charge in [0.15, 0.2) is 9.84 Å². The van der Waals surface area contributed by atoms with Crippen LogP contribution < -0.4 is 0 Å². The van der Waals surface area contributed by atoms with E-state index in [9.17, 15) is 13.5 Å². The fourth-order valence-corrected chi connectivity index (χ4v) is 2.95. The van der Waals surface area contributed by atoms with Gasteiger partial charge >= 0.3 is 0 Å². The van der Waals surface area contributed by atoms with Crippen LogP contribution in [0, 0.1) is 0 Å². The maximum absolute atomic E-state index is 11.4. The van der Waals surface area contributed by atoms with Crippen molar-refractivity contribution in [3.05, 3.63) is 48.2 Å². The van der Waals surface area contributed by atoms with Crippen molar-refractivity contribution in [2.24, 2.45) is 12.0 Å². The van der Waals surface area contributed by atoms with Gasteiger partial charge in [-0.25, -0.2) is 13.4 Å². The van der Waals surface area contributed by atoms with Crippen molar-refractivity contribution in [2.45, 2.75) is 4.90 Å². The fraction of sp³-hybridized carbons (Fsp3) is 0.125. The molecule has 7 heteroatoms. The number of aromatic hydroxyl groups is 1. The second kappa shape index (κ2) is 5.51. The third-order valence-corrected chi connectivity index (χ3v) is 4.69. The molecule has 0 spiro atoms. The number of benzene rings is 1. The van der Waals surface area contributed by atoms with Crippen LogP contribution in [0.25, 0.3) is 11.0 Å². The summed E-state index contributed by atoms with van der Waals surface area (Å²) in [4.78, 5) is 8.78. The summed E-state index contributed by atoms with van der Waals surface area (Å²) >= 11 is 0. The summed E-state index contributed by atoms with van der Waals surface area (Å²) in [6.07, 6.45) is 4.37. The van der Waals surface area contributed by atoms with E-state index in [0.29, 0.717) is 16.9 Å². The molecular formula is C16H15N3O3S. The lowest BCUT2D eigenvalue weighted by molar-refractivity contribution is 0.434. The Kier molecular flexibility index (Phi) is 3.65. The smallest absolute Gasteiger partial charge is 0.202 e. The van der Waals surface area contributed by atoms with Crippen molar-refractivity contribution in [1.29, 1.82) is 0 Å².